The van der Waals surface area contributed by atoms with Crippen molar-refractivity contribution in [1.82, 2.24) is 14.8 Å². The molecule has 2 aromatic heterocycles. The average molecular weight is 247 g/mol. The molecule has 2 rings (SSSR count). The molecule has 0 bridgehead atoms. The number of rotatable bonds is 4. The number of aryl methyl sites for hydroxylation is 1. The number of carboxylic acids is 1. The molecule has 2 N–H and O–H groups in total. The van der Waals surface area contributed by atoms with E-state index in [2.05, 4.69) is 10.1 Å². The maximum Gasteiger partial charge on any atom is 0.303 e. The number of carboxylic acid groups (broad SMARTS) is 1. The standard InChI is InChI=1S/C12H13N3O3/c1-15-12(18)8(5-6-10(16)17)11(14-15)9-4-2-3-7-13-9/h2-4,7,14H,5-6H2,1H3,(H,16,17). The highest BCUT2D eigenvalue weighted by Gasteiger charge is 2.15. The molecule has 0 aliphatic carbocycles. The summed E-state index contributed by atoms with van der Waals surface area (Å²) in [7, 11) is 1.60. The van der Waals surface area contributed by atoms with E-state index in [0.29, 0.717) is 17.0 Å². The fraction of sp³-hybridized carbons (Fsp3) is 0.250. The molecule has 0 atom stereocenters. The van der Waals surface area contributed by atoms with Gasteiger partial charge in [0.1, 0.15) is 0 Å². The lowest BCUT2D eigenvalue weighted by Crippen LogP contribution is -2.16. The van der Waals surface area contributed by atoms with E-state index in [9.17, 15) is 9.59 Å². The summed E-state index contributed by atoms with van der Waals surface area (Å²) in [5, 5.41) is 11.6. The van der Waals surface area contributed by atoms with E-state index >= 15 is 0 Å². The van der Waals surface area contributed by atoms with Crippen molar-refractivity contribution in [3.63, 3.8) is 0 Å². The van der Waals surface area contributed by atoms with Gasteiger partial charge in [-0.1, -0.05) is 6.07 Å². The topological polar surface area (TPSA) is 88.0 Å². The number of pyridine rings is 1. The van der Waals surface area contributed by atoms with Crippen molar-refractivity contribution in [3.05, 3.63) is 40.3 Å². The van der Waals surface area contributed by atoms with E-state index in [-0.39, 0.29) is 18.4 Å². The van der Waals surface area contributed by atoms with Crippen LogP contribution in [0.4, 0.5) is 0 Å². The highest BCUT2D eigenvalue weighted by atomic mass is 16.4. The lowest BCUT2D eigenvalue weighted by Gasteiger charge is -1.99. The van der Waals surface area contributed by atoms with Crippen LogP contribution in [0.5, 0.6) is 0 Å². The molecule has 0 aliphatic heterocycles. The van der Waals surface area contributed by atoms with Crippen LogP contribution in [0.1, 0.15) is 12.0 Å². The molecule has 0 aliphatic rings. The Bertz CT molecular complexity index is 613. The molecule has 6 heteroatoms. The molecule has 0 saturated carbocycles. The molecule has 6 nitrogen and oxygen atoms in total. The zero-order valence-corrected chi connectivity index (χ0v) is 9.88. The molecule has 0 aromatic carbocycles. The Hall–Kier alpha value is -2.37. The van der Waals surface area contributed by atoms with Gasteiger partial charge in [-0.3, -0.25) is 24.4 Å². The van der Waals surface area contributed by atoms with Crippen molar-refractivity contribution in [3.8, 4) is 11.4 Å². The first kappa shape index (κ1) is 12.1. The SMILES string of the molecule is Cn1[nH]c(-c2ccccn2)c(CCC(=O)O)c1=O. The van der Waals surface area contributed by atoms with Gasteiger partial charge in [-0.2, -0.15) is 0 Å². The van der Waals surface area contributed by atoms with Crippen LogP contribution in [0, 0.1) is 0 Å². The molecular formula is C12H13N3O3. The van der Waals surface area contributed by atoms with Gasteiger partial charge in [0, 0.05) is 25.2 Å². The van der Waals surface area contributed by atoms with Gasteiger partial charge in [-0.15, -0.1) is 0 Å². The average Bonchev–Trinajstić information content (AvgIpc) is 2.64. The van der Waals surface area contributed by atoms with Gasteiger partial charge >= 0.3 is 5.97 Å². The van der Waals surface area contributed by atoms with Crippen LogP contribution in [0.15, 0.2) is 29.2 Å². The van der Waals surface area contributed by atoms with Gasteiger partial charge in [0.15, 0.2) is 0 Å². The highest BCUT2D eigenvalue weighted by Crippen LogP contribution is 2.17. The summed E-state index contributed by atoms with van der Waals surface area (Å²) in [4.78, 5) is 26.7. The maximum atomic E-state index is 11.9. The number of H-pyrrole nitrogens is 1. The molecule has 2 aromatic rings. The second-order valence-corrected chi connectivity index (χ2v) is 3.94. The molecule has 0 spiro atoms. The number of aliphatic carboxylic acids is 1. The summed E-state index contributed by atoms with van der Waals surface area (Å²) in [6.45, 7) is 0. The van der Waals surface area contributed by atoms with E-state index in [4.69, 9.17) is 5.11 Å². The van der Waals surface area contributed by atoms with Gasteiger partial charge in [-0.25, -0.2) is 0 Å². The molecule has 0 saturated heterocycles. The smallest absolute Gasteiger partial charge is 0.303 e. The lowest BCUT2D eigenvalue weighted by molar-refractivity contribution is -0.136. The molecule has 18 heavy (non-hydrogen) atoms. The van der Waals surface area contributed by atoms with Crippen LogP contribution < -0.4 is 5.56 Å². The third-order valence-electron chi connectivity index (χ3n) is 2.65. The molecule has 0 amide bonds. The van der Waals surface area contributed by atoms with Crippen molar-refractivity contribution >= 4 is 5.97 Å². The van der Waals surface area contributed by atoms with Gasteiger partial charge in [0.05, 0.1) is 11.4 Å². The van der Waals surface area contributed by atoms with E-state index in [1.807, 2.05) is 6.07 Å². The number of carbonyl (C=O) groups is 1. The summed E-state index contributed by atoms with van der Waals surface area (Å²) in [6.07, 6.45) is 1.74. The lowest BCUT2D eigenvalue weighted by atomic mass is 10.1. The fourth-order valence-electron chi connectivity index (χ4n) is 1.78. The molecule has 0 fully saturated rings. The predicted molar refractivity (Wildman–Crippen MR) is 65.2 cm³/mol. The third kappa shape index (κ3) is 2.32. The first-order valence-corrected chi connectivity index (χ1v) is 5.50. The van der Waals surface area contributed by atoms with Crippen LogP contribution >= 0.6 is 0 Å². The van der Waals surface area contributed by atoms with Crippen molar-refractivity contribution in [2.24, 2.45) is 7.05 Å². The number of aromatic amines is 1. The minimum Gasteiger partial charge on any atom is -0.481 e. The summed E-state index contributed by atoms with van der Waals surface area (Å²) in [5.41, 5.74) is 1.47. The normalized spacial score (nSPS) is 10.5. The van der Waals surface area contributed by atoms with Crippen molar-refractivity contribution in [2.75, 3.05) is 0 Å². The van der Waals surface area contributed by atoms with Gasteiger partial charge < -0.3 is 5.11 Å². The number of aromatic nitrogens is 3. The van der Waals surface area contributed by atoms with Gasteiger partial charge in [-0.05, 0) is 18.6 Å². The van der Waals surface area contributed by atoms with Crippen LogP contribution in [-0.2, 0) is 18.3 Å². The second-order valence-electron chi connectivity index (χ2n) is 3.94. The first-order valence-electron chi connectivity index (χ1n) is 5.50. The zero-order chi connectivity index (χ0) is 13.1. The molecule has 2 heterocycles. The quantitative estimate of drug-likeness (QED) is 0.836. The molecule has 0 unspecified atom stereocenters. The maximum absolute atomic E-state index is 11.9. The van der Waals surface area contributed by atoms with Crippen molar-refractivity contribution in [2.45, 2.75) is 12.8 Å². The van der Waals surface area contributed by atoms with Crippen LogP contribution in [0.3, 0.4) is 0 Å². The van der Waals surface area contributed by atoms with Crippen molar-refractivity contribution < 1.29 is 9.90 Å². The van der Waals surface area contributed by atoms with Crippen LogP contribution in [0.2, 0.25) is 0 Å². The first-order chi connectivity index (χ1) is 8.59. The summed E-state index contributed by atoms with van der Waals surface area (Å²) < 4.78 is 1.33. The Morgan fingerprint density at radius 1 is 1.50 bits per heavy atom. The Kier molecular flexibility index (Phi) is 3.27. The second kappa shape index (κ2) is 4.87. The van der Waals surface area contributed by atoms with E-state index in [0.717, 1.165) is 0 Å². The zero-order valence-electron chi connectivity index (χ0n) is 9.88. The largest absolute Gasteiger partial charge is 0.481 e. The molecule has 0 radical (unpaired) electrons. The van der Waals surface area contributed by atoms with E-state index in [1.165, 1.54) is 4.68 Å². The Balaban J connectivity index is 2.45. The Labute approximate surface area is 103 Å². The summed E-state index contributed by atoms with van der Waals surface area (Å²) in [5.74, 6) is -0.926. The predicted octanol–water partition coefficient (Wildman–Crippen LogP) is 0.793. The van der Waals surface area contributed by atoms with Gasteiger partial charge in [0.2, 0.25) is 0 Å². The number of hydrogen-bond acceptors (Lipinski definition) is 3. The van der Waals surface area contributed by atoms with Crippen LogP contribution in [-0.4, -0.2) is 25.8 Å². The number of hydrogen-bond donors (Lipinski definition) is 2. The van der Waals surface area contributed by atoms with Gasteiger partial charge in [0.25, 0.3) is 5.56 Å². The van der Waals surface area contributed by atoms with E-state index < -0.39 is 5.97 Å². The fourth-order valence-corrected chi connectivity index (χ4v) is 1.78. The third-order valence-corrected chi connectivity index (χ3v) is 2.65. The Morgan fingerprint density at radius 2 is 2.28 bits per heavy atom. The van der Waals surface area contributed by atoms with Crippen molar-refractivity contribution in [1.29, 1.82) is 0 Å². The van der Waals surface area contributed by atoms with E-state index in [1.54, 1.807) is 25.4 Å². The molecule has 94 valence electrons. The number of nitrogens with zero attached hydrogens (tertiary/aromatic N) is 2. The minimum absolute atomic E-state index is 0.0765. The highest BCUT2D eigenvalue weighted by molar-refractivity contribution is 5.68. The summed E-state index contributed by atoms with van der Waals surface area (Å²) >= 11 is 0. The number of nitrogens with one attached hydrogen (secondary N) is 1. The summed E-state index contributed by atoms with van der Waals surface area (Å²) in [6, 6.07) is 5.37. The monoisotopic (exact) mass is 247 g/mol. The minimum atomic E-state index is -0.926. The van der Waals surface area contributed by atoms with Crippen LogP contribution in [0.25, 0.3) is 11.4 Å². The Morgan fingerprint density at radius 3 is 2.89 bits per heavy atom. The molecular weight excluding hydrogens is 234 g/mol.